The number of hydrogen-bond acceptors (Lipinski definition) is 7. The summed E-state index contributed by atoms with van der Waals surface area (Å²) in [5, 5.41) is 18.6. The van der Waals surface area contributed by atoms with E-state index in [1.807, 2.05) is 79.0 Å². The first-order valence-corrected chi connectivity index (χ1v) is 14.3. The van der Waals surface area contributed by atoms with Gasteiger partial charge in [0, 0.05) is 39.2 Å². The number of carbonyl (C=O) groups excluding carboxylic acids is 2. The molecule has 0 spiro atoms. The second kappa shape index (κ2) is 12.6. The van der Waals surface area contributed by atoms with Crippen molar-refractivity contribution >= 4 is 51.4 Å². The van der Waals surface area contributed by atoms with Crippen molar-refractivity contribution in [2.75, 3.05) is 10.6 Å². The van der Waals surface area contributed by atoms with Crippen molar-refractivity contribution in [1.29, 1.82) is 0 Å². The molecule has 10 heteroatoms. The van der Waals surface area contributed by atoms with Gasteiger partial charge in [0.25, 0.3) is 11.6 Å². The molecule has 0 fully saturated rings. The van der Waals surface area contributed by atoms with E-state index in [1.165, 1.54) is 47.4 Å². The molecule has 0 saturated carbocycles. The van der Waals surface area contributed by atoms with Gasteiger partial charge in [0.2, 0.25) is 5.91 Å². The fraction of sp³-hybridized carbons (Fsp3) is 0.0645. The van der Waals surface area contributed by atoms with Gasteiger partial charge in [-0.2, -0.15) is 0 Å². The minimum absolute atomic E-state index is 0.154. The highest BCUT2D eigenvalue weighted by atomic mass is 32.2. The number of nitro benzene ring substituents is 1. The third-order valence-corrected chi connectivity index (χ3v) is 8.13. The smallest absolute Gasteiger partial charge is 0.270 e. The first kappa shape index (κ1) is 27.8. The summed E-state index contributed by atoms with van der Waals surface area (Å²) in [6.45, 7) is 2.03. The van der Waals surface area contributed by atoms with E-state index in [2.05, 4.69) is 15.6 Å². The van der Waals surface area contributed by atoms with Gasteiger partial charge in [0.15, 0.2) is 5.13 Å². The van der Waals surface area contributed by atoms with Crippen LogP contribution in [0, 0.1) is 17.0 Å². The number of rotatable bonds is 9. The molecular formula is C31H24N4O4S2. The van der Waals surface area contributed by atoms with Gasteiger partial charge in [0.1, 0.15) is 5.25 Å². The number of non-ortho nitro benzene ring substituents is 1. The van der Waals surface area contributed by atoms with Crippen molar-refractivity contribution in [2.45, 2.75) is 17.1 Å². The molecule has 41 heavy (non-hydrogen) atoms. The van der Waals surface area contributed by atoms with Crippen molar-refractivity contribution in [3.63, 3.8) is 0 Å². The van der Waals surface area contributed by atoms with Crippen LogP contribution in [0.25, 0.3) is 11.3 Å². The topological polar surface area (TPSA) is 114 Å². The van der Waals surface area contributed by atoms with Crippen molar-refractivity contribution in [1.82, 2.24) is 4.98 Å². The van der Waals surface area contributed by atoms with E-state index in [4.69, 9.17) is 0 Å². The zero-order valence-corrected chi connectivity index (χ0v) is 23.4. The van der Waals surface area contributed by atoms with Gasteiger partial charge in [-0.3, -0.25) is 19.7 Å². The fourth-order valence-corrected chi connectivity index (χ4v) is 5.72. The Morgan fingerprint density at radius 1 is 0.902 bits per heavy atom. The SMILES string of the molecule is Cc1ccc(-c2csc(NC(=O)C(Sc3ccc(NC(=O)c4cccc([N+](=O)[O-])c4)cc3)c3ccccc3)n2)cc1. The van der Waals surface area contributed by atoms with Crippen molar-refractivity contribution in [3.05, 3.63) is 135 Å². The van der Waals surface area contributed by atoms with E-state index in [0.29, 0.717) is 10.8 Å². The van der Waals surface area contributed by atoms with Crippen LogP contribution in [-0.2, 0) is 4.79 Å². The lowest BCUT2D eigenvalue weighted by Gasteiger charge is -2.16. The van der Waals surface area contributed by atoms with Crippen LogP contribution in [0.2, 0.25) is 0 Å². The van der Waals surface area contributed by atoms with Crippen LogP contribution in [0.5, 0.6) is 0 Å². The molecule has 1 atom stereocenters. The Kier molecular flexibility index (Phi) is 8.52. The number of anilines is 2. The molecule has 2 N–H and O–H groups in total. The van der Waals surface area contributed by atoms with E-state index in [0.717, 1.165) is 27.3 Å². The van der Waals surface area contributed by atoms with Crippen LogP contribution in [0.4, 0.5) is 16.5 Å². The maximum absolute atomic E-state index is 13.5. The molecule has 5 aromatic rings. The highest BCUT2D eigenvalue weighted by Gasteiger charge is 2.23. The Morgan fingerprint density at radius 2 is 1.63 bits per heavy atom. The standard InChI is InChI=1S/C31H24N4O4S2/c1-20-10-12-21(13-11-20)27-19-40-31(33-27)34-30(37)28(22-6-3-2-4-7-22)41-26-16-14-24(15-17-26)32-29(36)23-8-5-9-25(18-23)35(38)39/h2-19,28H,1H3,(H,32,36)(H,33,34,37). The van der Waals surface area contributed by atoms with Gasteiger partial charge in [-0.15, -0.1) is 23.1 Å². The summed E-state index contributed by atoms with van der Waals surface area (Å²) in [6, 6.07) is 30.2. The third kappa shape index (κ3) is 7.05. The molecule has 4 aromatic carbocycles. The Labute approximate surface area is 244 Å². The molecule has 1 unspecified atom stereocenters. The number of carbonyl (C=O) groups is 2. The molecule has 8 nitrogen and oxygen atoms in total. The van der Waals surface area contributed by atoms with Gasteiger partial charge < -0.3 is 10.6 Å². The zero-order valence-electron chi connectivity index (χ0n) is 21.8. The second-order valence-electron chi connectivity index (χ2n) is 9.09. The minimum Gasteiger partial charge on any atom is -0.322 e. The maximum atomic E-state index is 13.5. The zero-order chi connectivity index (χ0) is 28.8. The first-order valence-electron chi connectivity index (χ1n) is 12.6. The van der Waals surface area contributed by atoms with E-state index in [-0.39, 0.29) is 17.2 Å². The fourth-order valence-electron chi connectivity index (χ4n) is 3.98. The summed E-state index contributed by atoms with van der Waals surface area (Å²) in [5.74, 6) is -0.654. The number of thiazole rings is 1. The van der Waals surface area contributed by atoms with Gasteiger partial charge >= 0.3 is 0 Å². The lowest BCUT2D eigenvalue weighted by Crippen LogP contribution is -2.19. The number of thioether (sulfide) groups is 1. The summed E-state index contributed by atoms with van der Waals surface area (Å²) in [7, 11) is 0. The van der Waals surface area contributed by atoms with Crippen LogP contribution in [0.3, 0.4) is 0 Å². The lowest BCUT2D eigenvalue weighted by atomic mass is 10.1. The van der Waals surface area contributed by atoms with Crippen LogP contribution < -0.4 is 10.6 Å². The molecular weight excluding hydrogens is 556 g/mol. The Balaban J connectivity index is 1.29. The van der Waals surface area contributed by atoms with Crippen LogP contribution in [0.15, 0.2) is 113 Å². The monoisotopic (exact) mass is 580 g/mol. The number of amides is 2. The van der Waals surface area contributed by atoms with Crippen molar-refractivity contribution in [2.24, 2.45) is 0 Å². The minimum atomic E-state index is -0.548. The summed E-state index contributed by atoms with van der Waals surface area (Å²) in [4.78, 5) is 42.0. The Hall–Kier alpha value is -4.80. The first-order chi connectivity index (χ1) is 19.9. The normalized spacial score (nSPS) is 11.4. The lowest BCUT2D eigenvalue weighted by molar-refractivity contribution is -0.384. The number of nitrogens with zero attached hydrogens (tertiary/aromatic N) is 2. The molecule has 0 aliphatic rings. The second-order valence-corrected chi connectivity index (χ2v) is 11.1. The number of aromatic nitrogens is 1. The predicted octanol–water partition coefficient (Wildman–Crippen LogP) is 7.75. The van der Waals surface area contributed by atoms with Gasteiger partial charge in [-0.05, 0) is 42.8 Å². The maximum Gasteiger partial charge on any atom is 0.270 e. The number of benzene rings is 4. The van der Waals surface area contributed by atoms with Crippen LogP contribution in [0.1, 0.15) is 26.7 Å². The Bertz CT molecular complexity index is 1690. The summed E-state index contributed by atoms with van der Waals surface area (Å²) in [6.07, 6.45) is 0. The van der Waals surface area contributed by atoms with Crippen LogP contribution in [-0.4, -0.2) is 21.7 Å². The molecule has 204 valence electrons. The van der Waals surface area contributed by atoms with E-state index >= 15 is 0 Å². The average molecular weight is 581 g/mol. The van der Waals surface area contributed by atoms with Crippen molar-refractivity contribution < 1.29 is 14.5 Å². The summed E-state index contributed by atoms with van der Waals surface area (Å²) < 4.78 is 0. The van der Waals surface area contributed by atoms with Gasteiger partial charge in [0.05, 0.1) is 10.6 Å². The average Bonchev–Trinajstić information content (AvgIpc) is 3.46. The highest BCUT2D eigenvalue weighted by molar-refractivity contribution is 8.00. The van der Waals surface area contributed by atoms with Gasteiger partial charge in [-0.25, -0.2) is 4.98 Å². The molecule has 0 saturated heterocycles. The molecule has 0 aliphatic carbocycles. The number of nitro groups is 1. The highest BCUT2D eigenvalue weighted by Crippen LogP contribution is 2.37. The number of nitrogens with one attached hydrogen (secondary N) is 2. The predicted molar refractivity (Wildman–Crippen MR) is 163 cm³/mol. The molecule has 1 aromatic heterocycles. The summed E-state index contributed by atoms with van der Waals surface area (Å²) in [5.41, 5.74) is 4.35. The molecule has 0 radical (unpaired) electrons. The molecule has 0 bridgehead atoms. The van der Waals surface area contributed by atoms with Crippen LogP contribution >= 0.6 is 23.1 Å². The summed E-state index contributed by atoms with van der Waals surface area (Å²) >= 11 is 2.75. The molecule has 5 rings (SSSR count). The quantitative estimate of drug-likeness (QED) is 0.105. The molecule has 1 heterocycles. The molecule has 0 aliphatic heterocycles. The van der Waals surface area contributed by atoms with E-state index < -0.39 is 16.1 Å². The van der Waals surface area contributed by atoms with Crippen molar-refractivity contribution in [3.8, 4) is 11.3 Å². The van der Waals surface area contributed by atoms with Gasteiger partial charge in [-0.1, -0.05) is 66.2 Å². The number of aryl methyl sites for hydroxylation is 1. The number of hydrogen-bond donors (Lipinski definition) is 2. The largest absolute Gasteiger partial charge is 0.322 e. The van der Waals surface area contributed by atoms with E-state index in [9.17, 15) is 19.7 Å². The Morgan fingerprint density at radius 3 is 2.34 bits per heavy atom. The third-order valence-electron chi connectivity index (χ3n) is 6.11. The van der Waals surface area contributed by atoms with E-state index in [1.54, 1.807) is 12.1 Å². The molecule has 2 amide bonds.